The van der Waals surface area contributed by atoms with Gasteiger partial charge in [-0.05, 0) is 44.9 Å². The number of nitrogens with zero attached hydrogens (tertiary/aromatic N) is 1. The van der Waals surface area contributed by atoms with Gasteiger partial charge in [-0.25, -0.2) is 0 Å². The van der Waals surface area contributed by atoms with Gasteiger partial charge in [-0.2, -0.15) is 0 Å². The second kappa shape index (κ2) is 5.39. The number of hydrogen-bond acceptors (Lipinski definition) is 4. The molecule has 1 aromatic carbocycles. The van der Waals surface area contributed by atoms with E-state index in [4.69, 9.17) is 9.47 Å². The summed E-state index contributed by atoms with van der Waals surface area (Å²) in [6.45, 7) is 7.29. The number of aliphatic hydroxyl groups excluding tert-OH is 1. The zero-order valence-corrected chi connectivity index (χ0v) is 12.1. The van der Waals surface area contributed by atoms with E-state index >= 15 is 0 Å². The van der Waals surface area contributed by atoms with Crippen LogP contribution in [0, 0.1) is 6.92 Å². The quantitative estimate of drug-likeness (QED) is 0.848. The van der Waals surface area contributed by atoms with Crippen LogP contribution in [0.5, 0.6) is 5.75 Å². The monoisotopic (exact) mass is 265 g/mol. The maximum Gasteiger partial charge on any atom is 0.166 e. The van der Waals surface area contributed by atoms with Gasteiger partial charge in [0.15, 0.2) is 6.23 Å². The highest BCUT2D eigenvalue weighted by Crippen LogP contribution is 2.40. The van der Waals surface area contributed by atoms with Gasteiger partial charge in [0.05, 0.1) is 5.69 Å². The summed E-state index contributed by atoms with van der Waals surface area (Å²) in [4.78, 5) is 2.00. The van der Waals surface area contributed by atoms with Gasteiger partial charge in [0.2, 0.25) is 0 Å². The molecule has 4 nitrogen and oxygen atoms in total. The van der Waals surface area contributed by atoms with Crippen molar-refractivity contribution in [2.75, 3.05) is 25.2 Å². The highest BCUT2D eigenvalue weighted by molar-refractivity contribution is 5.62. The van der Waals surface area contributed by atoms with Crippen LogP contribution in [0.3, 0.4) is 0 Å². The van der Waals surface area contributed by atoms with Gasteiger partial charge in [0.1, 0.15) is 11.4 Å². The Hall–Kier alpha value is -1.26. The fourth-order valence-electron chi connectivity index (χ4n) is 2.40. The number of fused-ring (bicyclic) bond motifs is 1. The molecule has 0 aromatic heterocycles. The minimum absolute atomic E-state index is 0.616. The van der Waals surface area contributed by atoms with Gasteiger partial charge in [-0.15, -0.1) is 0 Å². The zero-order chi connectivity index (χ0) is 14.0. The van der Waals surface area contributed by atoms with Crippen LogP contribution in [0.15, 0.2) is 18.2 Å². The van der Waals surface area contributed by atoms with Crippen molar-refractivity contribution in [3.8, 4) is 5.75 Å². The Morgan fingerprint density at radius 2 is 2.16 bits per heavy atom. The predicted molar refractivity (Wildman–Crippen MR) is 75.7 cm³/mol. The molecule has 4 heteroatoms. The van der Waals surface area contributed by atoms with Crippen molar-refractivity contribution in [3.05, 3.63) is 23.8 Å². The molecular formula is C15H23NO3. The molecule has 0 fully saturated rings. The van der Waals surface area contributed by atoms with Gasteiger partial charge in [-0.3, -0.25) is 0 Å². The average Bonchev–Trinajstić information content (AvgIpc) is 2.35. The molecule has 1 unspecified atom stereocenters. The lowest BCUT2D eigenvalue weighted by Gasteiger charge is -2.45. The van der Waals surface area contributed by atoms with E-state index in [1.165, 1.54) is 0 Å². The van der Waals surface area contributed by atoms with Crippen LogP contribution >= 0.6 is 0 Å². The molecule has 1 aliphatic heterocycles. The number of hydrogen-bond donors (Lipinski definition) is 1. The number of ether oxygens (including phenoxy) is 2. The van der Waals surface area contributed by atoms with E-state index in [9.17, 15) is 5.11 Å². The molecule has 1 aromatic rings. The topological polar surface area (TPSA) is 41.9 Å². The average molecular weight is 265 g/mol. The number of aliphatic hydroxyl groups is 1. The Morgan fingerprint density at radius 1 is 1.42 bits per heavy atom. The van der Waals surface area contributed by atoms with E-state index in [0.29, 0.717) is 6.61 Å². The normalized spacial score (nSPS) is 20.9. The standard InChI is InChI=1S/C15H23NO3/c1-11-6-7-13-12(10-11)16(8-5-9-18-4)14(17)15(2,3)19-13/h6-7,10,14,17H,5,8-9H2,1-4H3. The summed E-state index contributed by atoms with van der Waals surface area (Å²) in [5, 5.41) is 10.5. The van der Waals surface area contributed by atoms with Crippen LogP contribution in [0.2, 0.25) is 0 Å². The fraction of sp³-hybridized carbons (Fsp3) is 0.600. The maximum absolute atomic E-state index is 10.5. The van der Waals surface area contributed by atoms with E-state index in [1.54, 1.807) is 7.11 Å². The number of anilines is 1. The third-order valence-corrected chi connectivity index (χ3v) is 3.46. The van der Waals surface area contributed by atoms with Crippen LogP contribution in [-0.2, 0) is 4.74 Å². The second-order valence-corrected chi connectivity index (χ2v) is 5.59. The molecule has 0 radical (unpaired) electrons. The number of rotatable bonds is 4. The summed E-state index contributed by atoms with van der Waals surface area (Å²) < 4.78 is 11.0. The Morgan fingerprint density at radius 3 is 2.84 bits per heavy atom. The Labute approximate surface area is 114 Å². The highest BCUT2D eigenvalue weighted by Gasteiger charge is 2.40. The molecule has 1 atom stereocenters. The van der Waals surface area contributed by atoms with Gasteiger partial charge in [0.25, 0.3) is 0 Å². The Bertz CT molecular complexity index is 445. The first kappa shape index (κ1) is 14.2. The molecule has 1 N–H and O–H groups in total. The van der Waals surface area contributed by atoms with Crippen molar-refractivity contribution in [2.45, 2.75) is 39.0 Å². The van der Waals surface area contributed by atoms with Gasteiger partial charge >= 0.3 is 0 Å². The second-order valence-electron chi connectivity index (χ2n) is 5.59. The van der Waals surface area contributed by atoms with Gasteiger partial charge < -0.3 is 19.5 Å². The minimum atomic E-state index is -0.654. The molecule has 0 saturated carbocycles. The first-order chi connectivity index (χ1) is 8.95. The van der Waals surface area contributed by atoms with E-state index in [-0.39, 0.29) is 0 Å². The third kappa shape index (κ3) is 2.85. The summed E-state index contributed by atoms with van der Waals surface area (Å²) in [7, 11) is 1.69. The molecule has 0 saturated heterocycles. The maximum atomic E-state index is 10.5. The Balaban J connectivity index is 2.30. The zero-order valence-electron chi connectivity index (χ0n) is 12.1. The lowest BCUT2D eigenvalue weighted by atomic mass is 10.0. The van der Waals surface area contributed by atoms with Crippen LogP contribution in [0.25, 0.3) is 0 Å². The molecule has 0 spiro atoms. The third-order valence-electron chi connectivity index (χ3n) is 3.46. The number of methoxy groups -OCH3 is 1. The van der Waals surface area contributed by atoms with Crippen LogP contribution in [-0.4, -0.2) is 37.2 Å². The number of aryl methyl sites for hydroxylation is 1. The van der Waals surface area contributed by atoms with E-state index in [2.05, 4.69) is 6.07 Å². The predicted octanol–water partition coefficient (Wildman–Crippen LogP) is 2.33. The van der Waals surface area contributed by atoms with Crippen LogP contribution < -0.4 is 9.64 Å². The molecule has 0 amide bonds. The van der Waals surface area contributed by atoms with Crippen molar-refractivity contribution in [1.29, 1.82) is 0 Å². The summed E-state index contributed by atoms with van der Waals surface area (Å²) in [5.41, 5.74) is 1.50. The largest absolute Gasteiger partial charge is 0.481 e. The number of benzene rings is 1. The highest BCUT2D eigenvalue weighted by atomic mass is 16.5. The fourth-order valence-corrected chi connectivity index (χ4v) is 2.40. The van der Waals surface area contributed by atoms with Crippen molar-refractivity contribution in [3.63, 3.8) is 0 Å². The van der Waals surface area contributed by atoms with E-state index < -0.39 is 11.8 Å². The molecule has 2 rings (SSSR count). The molecule has 1 heterocycles. The first-order valence-electron chi connectivity index (χ1n) is 6.69. The first-order valence-corrected chi connectivity index (χ1v) is 6.69. The SMILES string of the molecule is COCCCN1c2cc(C)ccc2OC(C)(C)C1O. The van der Waals surface area contributed by atoms with Crippen LogP contribution in [0.4, 0.5) is 5.69 Å². The van der Waals surface area contributed by atoms with Gasteiger partial charge in [0, 0.05) is 20.3 Å². The lowest BCUT2D eigenvalue weighted by Crippen LogP contribution is -2.56. The van der Waals surface area contributed by atoms with Crippen molar-refractivity contribution >= 4 is 5.69 Å². The van der Waals surface area contributed by atoms with Crippen LogP contribution in [0.1, 0.15) is 25.8 Å². The molecule has 106 valence electrons. The Kier molecular flexibility index (Phi) is 4.02. The van der Waals surface area contributed by atoms with E-state index in [1.807, 2.05) is 37.8 Å². The molecule has 0 bridgehead atoms. The van der Waals surface area contributed by atoms with Crippen molar-refractivity contribution in [1.82, 2.24) is 0 Å². The van der Waals surface area contributed by atoms with Crippen molar-refractivity contribution < 1.29 is 14.6 Å². The lowest BCUT2D eigenvalue weighted by molar-refractivity contribution is -0.0409. The summed E-state index contributed by atoms with van der Waals surface area (Å²) in [6.07, 6.45) is 0.218. The van der Waals surface area contributed by atoms with E-state index in [0.717, 1.165) is 30.0 Å². The summed E-state index contributed by atoms with van der Waals surface area (Å²) in [5.74, 6) is 0.832. The smallest absolute Gasteiger partial charge is 0.166 e. The van der Waals surface area contributed by atoms with Crippen molar-refractivity contribution in [2.24, 2.45) is 0 Å². The molecule has 0 aliphatic carbocycles. The summed E-state index contributed by atoms with van der Waals surface area (Å²) >= 11 is 0. The minimum Gasteiger partial charge on any atom is -0.481 e. The molecular weight excluding hydrogens is 242 g/mol. The van der Waals surface area contributed by atoms with Gasteiger partial charge in [-0.1, -0.05) is 6.07 Å². The molecule has 19 heavy (non-hydrogen) atoms. The summed E-state index contributed by atoms with van der Waals surface area (Å²) in [6, 6.07) is 6.06. The molecule has 1 aliphatic rings.